The number of nitrogens with one attached hydrogen (secondary N) is 2. The van der Waals surface area contributed by atoms with Crippen LogP contribution in [0.5, 0.6) is 0 Å². The molecule has 27 heavy (non-hydrogen) atoms. The summed E-state index contributed by atoms with van der Waals surface area (Å²) in [5.74, 6) is -0.0560. The molecule has 137 valence electrons. The molecule has 3 rings (SSSR count). The van der Waals surface area contributed by atoms with Crippen LogP contribution >= 0.6 is 11.9 Å². The van der Waals surface area contributed by atoms with Crippen molar-refractivity contribution in [3.05, 3.63) is 71.3 Å². The Balaban J connectivity index is 1.76. The molecule has 0 fully saturated rings. The molecule has 3 nitrogen and oxygen atoms in total. The maximum atomic E-state index is 12.7. The quantitative estimate of drug-likeness (QED) is 0.484. The minimum absolute atomic E-state index is 0.0560. The van der Waals surface area contributed by atoms with E-state index >= 15 is 0 Å². The largest absolute Gasteiger partial charge is 0.346 e. The van der Waals surface area contributed by atoms with Crippen molar-refractivity contribution in [1.29, 1.82) is 0 Å². The van der Waals surface area contributed by atoms with E-state index < -0.39 is 0 Å². The molecule has 5 heteroatoms. The number of anilines is 1. The summed E-state index contributed by atoms with van der Waals surface area (Å²) in [5.41, 5.74) is 5.22. The van der Waals surface area contributed by atoms with Gasteiger partial charge in [0.05, 0.1) is 6.04 Å². The van der Waals surface area contributed by atoms with Crippen LogP contribution in [0.1, 0.15) is 34.5 Å². The summed E-state index contributed by atoms with van der Waals surface area (Å²) < 4.78 is 3.26. The zero-order valence-corrected chi connectivity index (χ0v) is 17.0. The molecule has 0 aromatic heterocycles. The minimum Gasteiger partial charge on any atom is -0.346 e. The first-order valence-corrected chi connectivity index (χ1v) is 10.3. The summed E-state index contributed by atoms with van der Waals surface area (Å²) >= 11 is 1.57. The summed E-state index contributed by atoms with van der Waals surface area (Å²) in [7, 11) is 2.07. The van der Waals surface area contributed by atoms with E-state index in [0.717, 1.165) is 27.6 Å². The number of amides is 1. The zero-order chi connectivity index (χ0) is 19.4. The molecule has 0 aliphatic carbocycles. The Morgan fingerprint density at radius 1 is 1.04 bits per heavy atom. The lowest BCUT2D eigenvalue weighted by Gasteiger charge is -2.17. The maximum absolute atomic E-state index is 12.7. The van der Waals surface area contributed by atoms with E-state index in [1.807, 2.05) is 38.2 Å². The van der Waals surface area contributed by atoms with Gasteiger partial charge in [0.1, 0.15) is 7.28 Å². The third kappa shape index (κ3) is 4.48. The predicted octanol–water partition coefficient (Wildman–Crippen LogP) is 4.71. The van der Waals surface area contributed by atoms with Crippen molar-refractivity contribution < 1.29 is 4.79 Å². The van der Waals surface area contributed by atoms with Crippen molar-refractivity contribution in [2.45, 2.75) is 26.7 Å². The van der Waals surface area contributed by atoms with Gasteiger partial charge in [0.25, 0.3) is 5.91 Å². The number of rotatable bonds is 6. The molecule has 0 saturated heterocycles. The maximum Gasteiger partial charge on any atom is 0.251 e. The highest BCUT2D eigenvalue weighted by Crippen LogP contribution is 2.23. The molecule has 0 saturated carbocycles. The Hall–Kier alpha value is -2.40. The second-order valence-electron chi connectivity index (χ2n) is 6.69. The lowest BCUT2D eigenvalue weighted by atomic mass is 9.73. The normalized spacial score (nSPS) is 11.9. The fraction of sp³-hybridized carbons (Fsp3) is 0.227. The molecule has 3 aromatic rings. The van der Waals surface area contributed by atoms with Crippen molar-refractivity contribution in [3.63, 3.8) is 0 Å². The summed E-state index contributed by atoms with van der Waals surface area (Å²) in [4.78, 5) is 12.7. The molecular weight excluding hydrogens is 351 g/mol. The highest BCUT2D eigenvalue weighted by atomic mass is 32.2. The number of hydrogen-bond donors (Lipinski definition) is 2. The molecule has 0 aliphatic heterocycles. The fourth-order valence-corrected chi connectivity index (χ4v) is 3.58. The van der Waals surface area contributed by atoms with E-state index in [0.29, 0.717) is 5.56 Å². The number of fused-ring (bicyclic) bond motifs is 1. The summed E-state index contributed by atoms with van der Waals surface area (Å²) in [5, 5.41) is 5.32. The number of aryl methyl sites for hydroxylation is 1. The van der Waals surface area contributed by atoms with E-state index in [1.54, 1.807) is 11.9 Å². The molecule has 1 amide bonds. The second kappa shape index (κ2) is 8.53. The van der Waals surface area contributed by atoms with Gasteiger partial charge in [-0.15, -0.1) is 0 Å². The van der Waals surface area contributed by atoms with Gasteiger partial charge in [-0.3, -0.25) is 4.79 Å². The van der Waals surface area contributed by atoms with Crippen molar-refractivity contribution in [2.75, 3.05) is 11.0 Å². The number of carbonyl (C=O) groups excluding carboxylic acids is 1. The van der Waals surface area contributed by atoms with Crippen LogP contribution in [0.4, 0.5) is 5.69 Å². The second-order valence-corrected chi connectivity index (χ2v) is 7.30. The standard InChI is InChI=1S/C22H24BN2OS/c1-14-11-16(8-10-21(14)25-27-4)15(2)24-22(26)19-6-5-18-13-20(23-3)9-7-17(18)12-19/h5-13,15,25H,1-4H3,(H,24,26)/t15-/m1/s1. The lowest BCUT2D eigenvalue weighted by Crippen LogP contribution is -2.26. The van der Waals surface area contributed by atoms with Crippen molar-refractivity contribution in [3.8, 4) is 0 Å². The van der Waals surface area contributed by atoms with Crippen LogP contribution in [-0.2, 0) is 0 Å². The molecule has 0 bridgehead atoms. The van der Waals surface area contributed by atoms with Crippen LogP contribution in [0, 0.1) is 6.92 Å². The van der Waals surface area contributed by atoms with Crippen LogP contribution in [0.25, 0.3) is 10.8 Å². The monoisotopic (exact) mass is 375 g/mol. The molecule has 0 spiro atoms. The summed E-state index contributed by atoms with van der Waals surface area (Å²) in [6.07, 6.45) is 2.00. The van der Waals surface area contributed by atoms with Crippen LogP contribution in [0.3, 0.4) is 0 Å². The molecular formula is C22H24BN2OS. The van der Waals surface area contributed by atoms with Gasteiger partial charge in [0.2, 0.25) is 0 Å². The van der Waals surface area contributed by atoms with Gasteiger partial charge in [0.15, 0.2) is 0 Å². The third-order valence-electron chi connectivity index (χ3n) is 4.77. The fourth-order valence-electron chi connectivity index (χ4n) is 3.13. The summed E-state index contributed by atoms with van der Waals surface area (Å²) in [6.45, 7) is 6.11. The van der Waals surface area contributed by atoms with E-state index in [-0.39, 0.29) is 11.9 Å². The van der Waals surface area contributed by atoms with Gasteiger partial charge < -0.3 is 10.0 Å². The number of carbonyl (C=O) groups is 1. The molecule has 2 N–H and O–H groups in total. The number of hydrogen-bond acceptors (Lipinski definition) is 3. The molecule has 1 atom stereocenters. The van der Waals surface area contributed by atoms with Gasteiger partial charge in [-0.05, 0) is 53.9 Å². The van der Waals surface area contributed by atoms with Crippen LogP contribution in [-0.4, -0.2) is 19.4 Å². The highest BCUT2D eigenvalue weighted by Gasteiger charge is 2.13. The topological polar surface area (TPSA) is 41.1 Å². The van der Waals surface area contributed by atoms with Gasteiger partial charge in [-0.2, -0.15) is 0 Å². The molecule has 3 aromatic carbocycles. The van der Waals surface area contributed by atoms with Crippen LogP contribution < -0.4 is 15.5 Å². The third-order valence-corrected chi connectivity index (χ3v) is 5.19. The van der Waals surface area contributed by atoms with E-state index in [9.17, 15) is 4.79 Å². The molecule has 0 unspecified atom stereocenters. The van der Waals surface area contributed by atoms with Gasteiger partial charge in [0, 0.05) is 17.5 Å². The first-order chi connectivity index (χ1) is 13.0. The van der Waals surface area contributed by atoms with Gasteiger partial charge in [-0.25, -0.2) is 0 Å². The van der Waals surface area contributed by atoms with E-state index in [4.69, 9.17) is 0 Å². The average molecular weight is 375 g/mol. The first kappa shape index (κ1) is 19.4. The highest BCUT2D eigenvalue weighted by molar-refractivity contribution is 7.99. The Morgan fingerprint density at radius 2 is 1.78 bits per heavy atom. The number of benzene rings is 3. The van der Waals surface area contributed by atoms with Crippen LogP contribution in [0.15, 0.2) is 54.6 Å². The van der Waals surface area contributed by atoms with Crippen LogP contribution in [0.2, 0.25) is 6.82 Å². The minimum atomic E-state index is -0.0627. The van der Waals surface area contributed by atoms with Crippen molar-refractivity contribution in [1.82, 2.24) is 5.32 Å². The molecule has 0 heterocycles. The Morgan fingerprint density at radius 3 is 2.48 bits per heavy atom. The summed E-state index contributed by atoms with van der Waals surface area (Å²) in [6, 6.07) is 18.3. The van der Waals surface area contributed by atoms with E-state index in [2.05, 4.69) is 60.6 Å². The smallest absolute Gasteiger partial charge is 0.251 e. The molecule has 0 aliphatic rings. The average Bonchev–Trinajstić information content (AvgIpc) is 2.68. The zero-order valence-electron chi connectivity index (χ0n) is 16.2. The predicted molar refractivity (Wildman–Crippen MR) is 119 cm³/mol. The van der Waals surface area contributed by atoms with E-state index in [1.165, 1.54) is 5.46 Å². The lowest BCUT2D eigenvalue weighted by molar-refractivity contribution is 0.0940. The Labute approximate surface area is 166 Å². The molecule has 1 radical (unpaired) electrons. The van der Waals surface area contributed by atoms with Gasteiger partial charge in [-0.1, -0.05) is 60.6 Å². The van der Waals surface area contributed by atoms with Gasteiger partial charge >= 0.3 is 0 Å². The SMILES string of the molecule is C[B]c1ccc2cc(C(=O)N[C@H](C)c3ccc(NSC)c(C)c3)ccc2c1. The Bertz CT molecular complexity index is 974. The first-order valence-electron chi connectivity index (χ1n) is 9.05. The van der Waals surface area contributed by atoms with Crippen molar-refractivity contribution in [2.24, 2.45) is 0 Å². The Kier molecular flexibility index (Phi) is 6.12. The van der Waals surface area contributed by atoms with Crippen molar-refractivity contribution >= 4 is 47.1 Å².